The normalized spacial score (nSPS) is 11.0. The van der Waals surface area contributed by atoms with Crippen molar-refractivity contribution in [3.05, 3.63) is 58.5 Å². The predicted molar refractivity (Wildman–Crippen MR) is 113 cm³/mol. The van der Waals surface area contributed by atoms with Crippen molar-refractivity contribution >= 4 is 41.3 Å². The number of H-pyrrole nitrogens is 1. The van der Waals surface area contributed by atoms with Crippen LogP contribution in [-0.4, -0.2) is 27.7 Å². The number of hydrogen-bond donors (Lipinski definition) is 3. The molecular formula is C17H21IN6S. The van der Waals surface area contributed by atoms with Crippen molar-refractivity contribution in [2.75, 3.05) is 6.54 Å². The minimum absolute atomic E-state index is 0. The molecule has 0 aliphatic heterocycles. The fraction of sp³-hybridized carbons (Fsp3) is 0.235. The molecule has 0 bridgehead atoms. The van der Waals surface area contributed by atoms with Crippen LogP contribution in [0, 0.1) is 0 Å². The van der Waals surface area contributed by atoms with Gasteiger partial charge in [-0.15, -0.1) is 24.0 Å². The Morgan fingerprint density at radius 3 is 2.88 bits per heavy atom. The maximum absolute atomic E-state index is 4.62. The van der Waals surface area contributed by atoms with Gasteiger partial charge in [0.25, 0.3) is 0 Å². The molecule has 2 aromatic heterocycles. The minimum Gasteiger partial charge on any atom is -0.357 e. The Hall–Kier alpha value is -1.94. The Balaban J connectivity index is 0.00000225. The molecule has 0 amide bonds. The zero-order valence-electron chi connectivity index (χ0n) is 13.9. The van der Waals surface area contributed by atoms with E-state index in [1.54, 1.807) is 11.3 Å². The number of hydrogen-bond acceptors (Lipinski definition) is 4. The van der Waals surface area contributed by atoms with Gasteiger partial charge in [0, 0.05) is 18.7 Å². The molecule has 2 heterocycles. The topological polar surface area (TPSA) is 78.0 Å². The Kier molecular flexibility index (Phi) is 7.86. The molecule has 8 heteroatoms. The van der Waals surface area contributed by atoms with Gasteiger partial charge in [-0.05, 0) is 40.9 Å². The van der Waals surface area contributed by atoms with E-state index >= 15 is 0 Å². The van der Waals surface area contributed by atoms with Crippen molar-refractivity contribution < 1.29 is 0 Å². The van der Waals surface area contributed by atoms with Crippen molar-refractivity contribution in [3.63, 3.8) is 0 Å². The molecule has 132 valence electrons. The summed E-state index contributed by atoms with van der Waals surface area (Å²) in [6, 6.07) is 10.3. The Morgan fingerprint density at radius 2 is 2.16 bits per heavy atom. The van der Waals surface area contributed by atoms with Gasteiger partial charge in [0.1, 0.15) is 6.33 Å². The van der Waals surface area contributed by atoms with Crippen LogP contribution < -0.4 is 10.6 Å². The third-order valence-corrected chi connectivity index (χ3v) is 4.15. The van der Waals surface area contributed by atoms with Crippen LogP contribution in [0.25, 0.3) is 11.4 Å². The number of thiophene rings is 1. The molecule has 3 rings (SSSR count). The second-order valence-corrected chi connectivity index (χ2v) is 5.99. The summed E-state index contributed by atoms with van der Waals surface area (Å²) in [5.74, 6) is 1.59. The molecule has 0 saturated heterocycles. The van der Waals surface area contributed by atoms with Crippen molar-refractivity contribution in [3.8, 4) is 11.4 Å². The molecule has 1 aromatic carbocycles. The molecule has 0 fully saturated rings. The van der Waals surface area contributed by atoms with Gasteiger partial charge >= 0.3 is 0 Å². The van der Waals surface area contributed by atoms with Crippen LogP contribution in [0.2, 0.25) is 0 Å². The monoisotopic (exact) mass is 468 g/mol. The van der Waals surface area contributed by atoms with E-state index in [9.17, 15) is 0 Å². The highest BCUT2D eigenvalue weighted by Crippen LogP contribution is 2.15. The lowest BCUT2D eigenvalue weighted by Gasteiger charge is -2.11. The molecule has 3 aromatic rings. The van der Waals surface area contributed by atoms with Crippen molar-refractivity contribution in [2.45, 2.75) is 20.0 Å². The third-order valence-electron chi connectivity index (χ3n) is 3.42. The fourth-order valence-electron chi connectivity index (χ4n) is 2.25. The van der Waals surface area contributed by atoms with E-state index in [1.807, 2.05) is 12.1 Å². The molecule has 0 atom stereocenters. The first-order valence-electron chi connectivity index (χ1n) is 7.83. The zero-order chi connectivity index (χ0) is 16.6. The van der Waals surface area contributed by atoms with Crippen LogP contribution in [0.1, 0.15) is 18.1 Å². The fourth-order valence-corrected chi connectivity index (χ4v) is 2.91. The number of nitrogens with zero attached hydrogens (tertiary/aromatic N) is 3. The van der Waals surface area contributed by atoms with E-state index < -0.39 is 0 Å². The van der Waals surface area contributed by atoms with Crippen molar-refractivity contribution in [1.82, 2.24) is 25.8 Å². The molecule has 0 radical (unpaired) electrons. The summed E-state index contributed by atoms with van der Waals surface area (Å²) >= 11 is 1.69. The van der Waals surface area contributed by atoms with Crippen LogP contribution in [-0.2, 0) is 13.1 Å². The van der Waals surface area contributed by atoms with Gasteiger partial charge in [-0.25, -0.2) is 9.98 Å². The summed E-state index contributed by atoms with van der Waals surface area (Å²) in [4.78, 5) is 8.80. The summed E-state index contributed by atoms with van der Waals surface area (Å²) in [6.45, 7) is 4.26. The lowest BCUT2D eigenvalue weighted by molar-refractivity contribution is 0.816. The minimum atomic E-state index is 0. The second-order valence-electron chi connectivity index (χ2n) is 5.21. The summed E-state index contributed by atoms with van der Waals surface area (Å²) < 4.78 is 0. The lowest BCUT2D eigenvalue weighted by atomic mass is 10.1. The maximum Gasteiger partial charge on any atom is 0.191 e. The Morgan fingerprint density at radius 1 is 1.24 bits per heavy atom. The molecule has 0 unspecified atom stereocenters. The van der Waals surface area contributed by atoms with Gasteiger partial charge in [-0.1, -0.05) is 18.2 Å². The zero-order valence-corrected chi connectivity index (χ0v) is 17.0. The quantitative estimate of drug-likeness (QED) is 0.295. The molecule has 0 aliphatic rings. The summed E-state index contributed by atoms with van der Waals surface area (Å²) in [5.41, 5.74) is 3.40. The molecule has 25 heavy (non-hydrogen) atoms. The summed E-state index contributed by atoms with van der Waals surface area (Å²) in [6.07, 6.45) is 1.51. The predicted octanol–water partition coefficient (Wildman–Crippen LogP) is 3.41. The highest BCUT2D eigenvalue weighted by Gasteiger charge is 2.03. The van der Waals surface area contributed by atoms with E-state index in [4.69, 9.17) is 0 Å². The van der Waals surface area contributed by atoms with Crippen molar-refractivity contribution in [1.29, 1.82) is 0 Å². The van der Waals surface area contributed by atoms with Crippen LogP contribution >= 0.6 is 35.3 Å². The van der Waals surface area contributed by atoms with E-state index in [-0.39, 0.29) is 24.0 Å². The average molecular weight is 468 g/mol. The van der Waals surface area contributed by atoms with Crippen LogP contribution in [0.4, 0.5) is 0 Å². The molecule has 0 spiro atoms. The highest BCUT2D eigenvalue weighted by molar-refractivity contribution is 14.0. The van der Waals surface area contributed by atoms with Crippen LogP contribution in [0.15, 0.2) is 52.4 Å². The molecule has 3 N–H and O–H groups in total. The lowest BCUT2D eigenvalue weighted by Crippen LogP contribution is -2.36. The van der Waals surface area contributed by atoms with Crippen molar-refractivity contribution in [2.24, 2.45) is 4.99 Å². The summed E-state index contributed by atoms with van der Waals surface area (Å²) in [5, 5.41) is 17.6. The first-order valence-corrected chi connectivity index (χ1v) is 8.77. The largest absolute Gasteiger partial charge is 0.357 e. The summed E-state index contributed by atoms with van der Waals surface area (Å²) in [7, 11) is 0. The van der Waals surface area contributed by atoms with E-state index in [2.05, 4.69) is 66.7 Å². The van der Waals surface area contributed by atoms with Crippen LogP contribution in [0.5, 0.6) is 0 Å². The van der Waals surface area contributed by atoms with Gasteiger partial charge in [0.15, 0.2) is 11.8 Å². The molecule has 0 saturated carbocycles. The van der Waals surface area contributed by atoms with Crippen LogP contribution in [0.3, 0.4) is 0 Å². The average Bonchev–Trinajstić information content (AvgIpc) is 3.31. The molecular weight excluding hydrogens is 447 g/mol. The Bertz CT molecular complexity index is 770. The number of rotatable bonds is 6. The SMILES string of the molecule is CCNC(=NCc1ccsc1)NCc1cccc(-c2ncn[nH]2)c1.I. The highest BCUT2D eigenvalue weighted by atomic mass is 127. The number of nitrogens with one attached hydrogen (secondary N) is 3. The maximum atomic E-state index is 4.62. The Labute approximate surface area is 168 Å². The number of aromatic amines is 1. The second kappa shape index (κ2) is 10.1. The van der Waals surface area contributed by atoms with Gasteiger partial charge in [-0.2, -0.15) is 16.4 Å². The first kappa shape index (κ1) is 19.4. The van der Waals surface area contributed by atoms with Gasteiger partial charge in [-0.3, -0.25) is 5.10 Å². The standard InChI is InChI=1S/C17H20N6S.HI/c1-2-18-17(20-10-14-6-7-24-11-14)19-9-13-4-3-5-15(8-13)16-21-12-22-23-16;/h3-8,11-12H,2,9-10H2,1H3,(H2,18,19,20)(H,21,22,23);1H. The number of aliphatic imine (C=N–C) groups is 1. The number of guanidine groups is 1. The number of benzene rings is 1. The number of aromatic nitrogens is 3. The first-order chi connectivity index (χ1) is 11.8. The van der Waals surface area contributed by atoms with E-state index in [0.717, 1.165) is 29.5 Å². The van der Waals surface area contributed by atoms with Gasteiger partial charge in [0.2, 0.25) is 0 Å². The van der Waals surface area contributed by atoms with Gasteiger partial charge < -0.3 is 10.6 Å². The smallest absolute Gasteiger partial charge is 0.191 e. The molecule has 0 aliphatic carbocycles. The number of halogens is 1. The molecule has 6 nitrogen and oxygen atoms in total. The van der Waals surface area contributed by atoms with Gasteiger partial charge in [0.05, 0.1) is 6.54 Å². The van der Waals surface area contributed by atoms with E-state index in [1.165, 1.54) is 11.9 Å². The third kappa shape index (κ3) is 5.82. The van der Waals surface area contributed by atoms with E-state index in [0.29, 0.717) is 13.1 Å².